The molecule has 2 aromatic heterocycles. The molecule has 0 aliphatic heterocycles. The molecule has 182 valence electrons. The van der Waals surface area contributed by atoms with Gasteiger partial charge >= 0.3 is 6.36 Å². The van der Waals surface area contributed by atoms with Crippen LogP contribution < -0.4 is 10.3 Å². The first-order valence-corrected chi connectivity index (χ1v) is 11.4. The van der Waals surface area contributed by atoms with Gasteiger partial charge in [-0.25, -0.2) is 4.98 Å². The SMILES string of the molecule is O=c1cc(Cc2ccc(OC(F)(F)F)cc2)c2cc(C(c3ccc(Cl)cc3)n3ccnc3)ccc2[nH]1. The smallest absolute Gasteiger partial charge is 0.406 e. The van der Waals surface area contributed by atoms with E-state index < -0.39 is 6.36 Å². The van der Waals surface area contributed by atoms with Crippen molar-refractivity contribution < 1.29 is 17.9 Å². The number of H-pyrrole nitrogens is 1. The van der Waals surface area contributed by atoms with E-state index in [0.717, 1.165) is 27.6 Å². The number of halogens is 4. The molecule has 9 heteroatoms. The minimum Gasteiger partial charge on any atom is -0.406 e. The summed E-state index contributed by atoms with van der Waals surface area (Å²) in [5.41, 5.74) is 3.86. The Morgan fingerprint density at radius 1 is 0.972 bits per heavy atom. The molecule has 0 amide bonds. The first-order chi connectivity index (χ1) is 17.2. The van der Waals surface area contributed by atoms with E-state index in [1.165, 1.54) is 18.2 Å². The number of pyridine rings is 1. The summed E-state index contributed by atoms with van der Waals surface area (Å²) >= 11 is 6.10. The normalized spacial score (nSPS) is 12.6. The number of alkyl halides is 3. The van der Waals surface area contributed by atoms with Gasteiger partial charge in [-0.15, -0.1) is 13.2 Å². The molecule has 0 spiro atoms. The molecular formula is C27H19ClF3N3O2. The fraction of sp³-hybridized carbons (Fsp3) is 0.111. The number of nitrogens with one attached hydrogen (secondary N) is 1. The van der Waals surface area contributed by atoms with Crippen molar-refractivity contribution in [1.29, 1.82) is 0 Å². The molecule has 0 saturated carbocycles. The maximum atomic E-state index is 12.5. The van der Waals surface area contributed by atoms with E-state index in [9.17, 15) is 18.0 Å². The predicted molar refractivity (Wildman–Crippen MR) is 131 cm³/mol. The van der Waals surface area contributed by atoms with Crippen LogP contribution in [0.15, 0.2) is 96.3 Å². The van der Waals surface area contributed by atoms with Crippen LogP contribution in [0.25, 0.3) is 10.9 Å². The van der Waals surface area contributed by atoms with Crippen LogP contribution in [0.4, 0.5) is 13.2 Å². The Kier molecular flexibility index (Phi) is 6.28. The lowest BCUT2D eigenvalue weighted by molar-refractivity contribution is -0.274. The second-order valence-corrected chi connectivity index (χ2v) is 8.73. The molecule has 0 aliphatic rings. The van der Waals surface area contributed by atoms with Crippen LogP contribution in [0.1, 0.15) is 28.3 Å². The second-order valence-electron chi connectivity index (χ2n) is 8.30. The molecule has 0 fully saturated rings. The molecule has 1 N–H and O–H groups in total. The van der Waals surface area contributed by atoms with E-state index >= 15 is 0 Å². The lowest BCUT2D eigenvalue weighted by Crippen LogP contribution is -2.17. The quantitative estimate of drug-likeness (QED) is 0.284. The Morgan fingerprint density at radius 2 is 1.69 bits per heavy atom. The summed E-state index contributed by atoms with van der Waals surface area (Å²) in [4.78, 5) is 19.4. The maximum absolute atomic E-state index is 12.5. The van der Waals surface area contributed by atoms with Gasteiger partial charge in [0.15, 0.2) is 0 Å². The summed E-state index contributed by atoms with van der Waals surface area (Å²) < 4.78 is 43.4. The molecule has 1 unspecified atom stereocenters. The minimum absolute atomic E-state index is 0.187. The van der Waals surface area contributed by atoms with Gasteiger partial charge < -0.3 is 14.3 Å². The summed E-state index contributed by atoms with van der Waals surface area (Å²) in [6.45, 7) is 0. The summed E-state index contributed by atoms with van der Waals surface area (Å²) in [6, 6.07) is 20.4. The van der Waals surface area contributed by atoms with Crippen LogP contribution in [0.5, 0.6) is 5.75 Å². The van der Waals surface area contributed by atoms with Gasteiger partial charge in [-0.2, -0.15) is 0 Å². The van der Waals surface area contributed by atoms with Gasteiger partial charge in [-0.05, 0) is 65.1 Å². The number of hydrogen-bond donors (Lipinski definition) is 1. The molecule has 0 bridgehead atoms. The number of aromatic amines is 1. The van der Waals surface area contributed by atoms with Gasteiger partial charge in [0.1, 0.15) is 5.75 Å². The summed E-state index contributed by atoms with van der Waals surface area (Å²) in [6.07, 6.45) is 0.923. The van der Waals surface area contributed by atoms with E-state index in [4.69, 9.17) is 11.6 Å². The van der Waals surface area contributed by atoms with Crippen LogP contribution in [0, 0.1) is 0 Å². The van der Waals surface area contributed by atoms with Crippen molar-refractivity contribution in [2.24, 2.45) is 0 Å². The molecular weight excluding hydrogens is 491 g/mol. The molecule has 0 radical (unpaired) electrons. The lowest BCUT2D eigenvalue weighted by Gasteiger charge is -2.21. The summed E-state index contributed by atoms with van der Waals surface area (Å²) in [7, 11) is 0. The molecule has 5 aromatic rings. The average molecular weight is 510 g/mol. The highest BCUT2D eigenvalue weighted by molar-refractivity contribution is 6.30. The first-order valence-electron chi connectivity index (χ1n) is 11.0. The van der Waals surface area contributed by atoms with Crippen LogP contribution >= 0.6 is 11.6 Å². The Labute approximate surface area is 208 Å². The minimum atomic E-state index is -4.75. The molecule has 36 heavy (non-hydrogen) atoms. The highest BCUT2D eigenvalue weighted by atomic mass is 35.5. The number of ether oxygens (including phenoxy) is 1. The number of aromatic nitrogens is 3. The molecule has 0 saturated heterocycles. The Bertz CT molecular complexity index is 1550. The third-order valence-electron chi connectivity index (χ3n) is 5.83. The van der Waals surface area contributed by atoms with Gasteiger partial charge in [0.25, 0.3) is 0 Å². The van der Waals surface area contributed by atoms with E-state index in [1.54, 1.807) is 24.7 Å². The highest BCUT2D eigenvalue weighted by Gasteiger charge is 2.31. The average Bonchev–Trinajstić information content (AvgIpc) is 3.35. The van der Waals surface area contributed by atoms with Gasteiger partial charge in [-0.1, -0.05) is 41.9 Å². The zero-order valence-electron chi connectivity index (χ0n) is 18.7. The predicted octanol–water partition coefficient (Wildman–Crippen LogP) is 6.51. The number of rotatable bonds is 6. The zero-order chi connectivity index (χ0) is 25.3. The fourth-order valence-corrected chi connectivity index (χ4v) is 4.42. The summed E-state index contributed by atoms with van der Waals surface area (Å²) in [5, 5.41) is 1.47. The number of hydrogen-bond acceptors (Lipinski definition) is 3. The third-order valence-corrected chi connectivity index (χ3v) is 6.08. The molecule has 1 atom stereocenters. The van der Waals surface area contributed by atoms with Crippen molar-refractivity contribution >= 4 is 22.5 Å². The fourth-order valence-electron chi connectivity index (χ4n) is 4.29. The van der Waals surface area contributed by atoms with E-state index in [2.05, 4.69) is 14.7 Å². The van der Waals surface area contributed by atoms with Crippen LogP contribution in [0.2, 0.25) is 5.02 Å². The molecule has 5 rings (SSSR count). The monoisotopic (exact) mass is 509 g/mol. The topological polar surface area (TPSA) is 59.9 Å². The number of fused-ring (bicyclic) bond motifs is 1. The largest absolute Gasteiger partial charge is 0.573 e. The van der Waals surface area contributed by atoms with Crippen LogP contribution in [0.3, 0.4) is 0 Å². The van der Waals surface area contributed by atoms with Crippen LogP contribution in [-0.4, -0.2) is 20.9 Å². The second kappa shape index (κ2) is 9.54. The standard InChI is InChI=1S/C27H19ClF3N3O2/c28-21-6-3-18(4-7-21)26(34-12-11-32-16-34)19-5-10-24-23(14-19)20(15-25(35)33-24)13-17-1-8-22(9-2-17)36-27(29,30)31/h1-12,14-16,26H,13H2,(H,33,35). The van der Waals surface area contributed by atoms with Crippen molar-refractivity contribution in [3.63, 3.8) is 0 Å². The molecule has 0 aliphatic carbocycles. The lowest BCUT2D eigenvalue weighted by atomic mass is 9.94. The maximum Gasteiger partial charge on any atom is 0.573 e. The zero-order valence-corrected chi connectivity index (χ0v) is 19.4. The van der Waals surface area contributed by atoms with E-state index in [0.29, 0.717) is 17.0 Å². The van der Waals surface area contributed by atoms with Gasteiger partial charge in [0.2, 0.25) is 5.56 Å². The van der Waals surface area contributed by atoms with E-state index in [-0.39, 0.29) is 17.4 Å². The van der Waals surface area contributed by atoms with E-state index in [1.807, 2.05) is 53.2 Å². The van der Waals surface area contributed by atoms with Crippen molar-refractivity contribution in [2.45, 2.75) is 18.8 Å². The van der Waals surface area contributed by atoms with Gasteiger partial charge in [0.05, 0.1) is 12.4 Å². The first kappa shape index (κ1) is 23.7. The van der Waals surface area contributed by atoms with Crippen molar-refractivity contribution in [1.82, 2.24) is 14.5 Å². The highest BCUT2D eigenvalue weighted by Crippen LogP contribution is 2.31. The van der Waals surface area contributed by atoms with Crippen LogP contribution in [-0.2, 0) is 6.42 Å². The number of nitrogens with zero attached hydrogens (tertiary/aromatic N) is 2. The number of imidazole rings is 1. The third kappa shape index (κ3) is 5.28. The molecule has 2 heterocycles. The van der Waals surface area contributed by atoms with Crippen molar-refractivity contribution in [3.8, 4) is 5.75 Å². The molecule has 5 nitrogen and oxygen atoms in total. The summed E-state index contributed by atoms with van der Waals surface area (Å²) in [5.74, 6) is -0.296. The van der Waals surface area contributed by atoms with Crippen molar-refractivity contribution in [2.75, 3.05) is 0 Å². The van der Waals surface area contributed by atoms with Gasteiger partial charge in [0, 0.05) is 34.4 Å². The molecule has 3 aromatic carbocycles. The van der Waals surface area contributed by atoms with Crippen molar-refractivity contribution in [3.05, 3.63) is 129 Å². The Hall–Kier alpha value is -4.04. The Morgan fingerprint density at radius 3 is 2.36 bits per heavy atom. The number of benzene rings is 3. The van der Waals surface area contributed by atoms with Gasteiger partial charge in [-0.3, -0.25) is 4.79 Å². The Balaban J connectivity index is 1.55.